The number of amides is 1. The van der Waals surface area contributed by atoms with Gasteiger partial charge >= 0.3 is 0 Å². The molecular weight excluding hydrogens is 488 g/mol. The van der Waals surface area contributed by atoms with Crippen LogP contribution in [-0.4, -0.2) is 67.7 Å². The third kappa shape index (κ3) is 4.23. The van der Waals surface area contributed by atoms with Gasteiger partial charge in [0, 0.05) is 59.8 Å². The van der Waals surface area contributed by atoms with E-state index in [0.717, 1.165) is 11.4 Å². The zero-order chi connectivity index (χ0) is 25.7. The van der Waals surface area contributed by atoms with Gasteiger partial charge in [0.05, 0.1) is 5.03 Å². The number of fused-ring (bicyclic) bond motifs is 1. The first-order valence-electron chi connectivity index (χ1n) is 11.5. The molecular formula is C23H31ClN8O2S. The van der Waals surface area contributed by atoms with Gasteiger partial charge in [0.1, 0.15) is 40.3 Å². The normalized spacial score (nSPS) is 28.7. The monoisotopic (exact) mass is 518 g/mol. The minimum absolute atomic E-state index is 0.0202. The Bertz CT molecular complexity index is 1190. The van der Waals surface area contributed by atoms with Crippen LogP contribution in [0.5, 0.6) is 0 Å². The number of rotatable bonds is 4. The maximum atomic E-state index is 13.2. The third-order valence-electron chi connectivity index (χ3n) is 7.16. The highest BCUT2D eigenvalue weighted by molar-refractivity contribution is 7.88. The van der Waals surface area contributed by atoms with E-state index in [2.05, 4.69) is 28.7 Å². The molecule has 4 N–H and O–H groups in total. The molecule has 3 aliphatic heterocycles. The number of nitriles is 1. The highest BCUT2D eigenvalue weighted by atomic mass is 35.5. The van der Waals surface area contributed by atoms with E-state index < -0.39 is 15.5 Å². The van der Waals surface area contributed by atoms with E-state index in [9.17, 15) is 9.00 Å². The average Bonchev–Trinajstić information content (AvgIpc) is 3.12. The van der Waals surface area contributed by atoms with Crippen LogP contribution in [0.15, 0.2) is 29.0 Å². The summed E-state index contributed by atoms with van der Waals surface area (Å²) in [7, 11) is -1.10. The van der Waals surface area contributed by atoms with Crippen molar-refractivity contribution in [2.24, 2.45) is 11.5 Å². The fourth-order valence-corrected chi connectivity index (χ4v) is 6.42. The minimum Gasteiger partial charge on any atom is -0.389 e. The fourth-order valence-electron chi connectivity index (χ4n) is 4.97. The number of carbonyl (C=O) groups is 1. The van der Waals surface area contributed by atoms with Crippen molar-refractivity contribution in [3.8, 4) is 6.07 Å². The zero-order valence-electron chi connectivity index (χ0n) is 20.4. The molecule has 2 saturated heterocycles. The maximum absolute atomic E-state index is 13.2. The SMILES string of the molecule is CC1CN(c2ncnc3c2C(C)(C)CN3/C(N)=C/C(Cl)=C(\N)C#N)CCN1C(=O)C1(C)CCS1=O. The van der Waals surface area contributed by atoms with Gasteiger partial charge in [-0.3, -0.25) is 9.00 Å². The molecule has 188 valence electrons. The van der Waals surface area contributed by atoms with Crippen LogP contribution in [0.1, 0.15) is 39.7 Å². The summed E-state index contributed by atoms with van der Waals surface area (Å²) in [5, 5.41) is 9.06. The lowest BCUT2D eigenvalue weighted by Gasteiger charge is -2.46. The number of hydrogen-bond acceptors (Lipinski definition) is 9. The Morgan fingerprint density at radius 1 is 1.29 bits per heavy atom. The summed E-state index contributed by atoms with van der Waals surface area (Å²) in [6.45, 7) is 10.3. The van der Waals surface area contributed by atoms with Crippen LogP contribution < -0.4 is 21.3 Å². The summed E-state index contributed by atoms with van der Waals surface area (Å²) in [6, 6.07) is 1.76. The van der Waals surface area contributed by atoms with Gasteiger partial charge in [0.2, 0.25) is 5.91 Å². The van der Waals surface area contributed by atoms with E-state index in [4.69, 9.17) is 28.3 Å². The van der Waals surface area contributed by atoms with Gasteiger partial charge in [-0.15, -0.1) is 0 Å². The zero-order valence-corrected chi connectivity index (χ0v) is 22.0. The summed E-state index contributed by atoms with van der Waals surface area (Å²) in [4.78, 5) is 28.2. The molecule has 3 unspecified atom stereocenters. The Kier molecular flexibility index (Phi) is 6.49. The van der Waals surface area contributed by atoms with Crippen molar-refractivity contribution in [2.75, 3.05) is 41.7 Å². The fraction of sp³-hybridized carbons (Fsp3) is 0.565. The number of aromatic nitrogens is 2. The number of hydrogen-bond donors (Lipinski definition) is 2. The molecule has 35 heavy (non-hydrogen) atoms. The van der Waals surface area contributed by atoms with Crippen LogP contribution in [0.2, 0.25) is 0 Å². The van der Waals surface area contributed by atoms with Crippen molar-refractivity contribution in [3.05, 3.63) is 34.5 Å². The predicted molar refractivity (Wildman–Crippen MR) is 137 cm³/mol. The second-order valence-electron chi connectivity index (χ2n) is 10.1. The topological polar surface area (TPSA) is 145 Å². The lowest BCUT2D eigenvalue weighted by molar-refractivity contribution is -0.136. The second-order valence-corrected chi connectivity index (χ2v) is 12.5. The Balaban J connectivity index is 1.61. The molecule has 1 amide bonds. The molecule has 4 heterocycles. The molecule has 3 atom stereocenters. The van der Waals surface area contributed by atoms with E-state index in [0.29, 0.717) is 50.0 Å². The smallest absolute Gasteiger partial charge is 0.241 e. The summed E-state index contributed by atoms with van der Waals surface area (Å²) >= 11 is 6.12. The van der Waals surface area contributed by atoms with Gasteiger partial charge in [-0.05, 0) is 26.3 Å². The van der Waals surface area contributed by atoms with E-state index in [1.807, 2.05) is 29.7 Å². The third-order valence-corrected chi connectivity index (χ3v) is 9.44. The number of allylic oxidation sites excluding steroid dienone is 3. The van der Waals surface area contributed by atoms with Crippen LogP contribution in [0, 0.1) is 11.3 Å². The number of nitrogens with two attached hydrogens (primary N) is 2. The van der Waals surface area contributed by atoms with E-state index >= 15 is 0 Å². The average molecular weight is 519 g/mol. The lowest BCUT2D eigenvalue weighted by Crippen LogP contribution is -2.63. The van der Waals surface area contributed by atoms with Gasteiger partial charge in [0.15, 0.2) is 0 Å². The molecule has 0 spiro atoms. The predicted octanol–water partition coefficient (Wildman–Crippen LogP) is 1.26. The highest BCUT2D eigenvalue weighted by Crippen LogP contribution is 2.45. The van der Waals surface area contributed by atoms with Gasteiger partial charge in [-0.25, -0.2) is 9.97 Å². The van der Waals surface area contributed by atoms with E-state index in [1.54, 1.807) is 0 Å². The van der Waals surface area contributed by atoms with Gasteiger partial charge in [0.25, 0.3) is 0 Å². The minimum atomic E-state index is -1.10. The standard InChI is InChI=1S/C23H31ClN8O2S/c1-14-11-30(6-7-31(14)21(33)23(4)5-8-35(23)34)19-18-20(29-13-28-19)32(12-22(18,2)3)17(27)9-15(24)16(26)10-25/h9,13-14H,5-8,11-12,26-27H2,1-4H3/b16-15+,17-9+. The Morgan fingerprint density at radius 2 is 1.97 bits per heavy atom. The molecule has 1 aromatic rings. The van der Waals surface area contributed by atoms with Crippen molar-refractivity contribution in [2.45, 2.75) is 50.3 Å². The molecule has 10 nitrogen and oxygen atoms in total. The van der Waals surface area contributed by atoms with E-state index in [-0.39, 0.29) is 28.1 Å². The number of halogens is 1. The summed E-state index contributed by atoms with van der Waals surface area (Å²) in [5.41, 5.74) is 12.5. The molecule has 1 aromatic heterocycles. The molecule has 0 aromatic carbocycles. The molecule has 0 saturated carbocycles. The first-order valence-corrected chi connectivity index (χ1v) is 13.2. The molecule has 0 radical (unpaired) electrons. The molecule has 12 heteroatoms. The van der Waals surface area contributed by atoms with Crippen LogP contribution in [-0.2, 0) is 21.0 Å². The first kappa shape index (κ1) is 25.3. The van der Waals surface area contributed by atoms with Gasteiger partial charge in [-0.1, -0.05) is 25.4 Å². The molecule has 4 rings (SSSR count). The Hall–Kier alpha value is -2.84. The first-order chi connectivity index (χ1) is 16.4. The maximum Gasteiger partial charge on any atom is 0.241 e. The van der Waals surface area contributed by atoms with Crippen LogP contribution in [0.3, 0.4) is 0 Å². The Morgan fingerprint density at radius 3 is 2.54 bits per heavy atom. The largest absolute Gasteiger partial charge is 0.389 e. The van der Waals surface area contributed by atoms with Crippen molar-refractivity contribution in [1.29, 1.82) is 5.26 Å². The van der Waals surface area contributed by atoms with Crippen molar-refractivity contribution < 1.29 is 9.00 Å². The molecule has 0 bridgehead atoms. The van der Waals surface area contributed by atoms with Crippen LogP contribution >= 0.6 is 11.6 Å². The number of carbonyl (C=O) groups excluding carboxylic acids is 1. The number of piperazine rings is 1. The van der Waals surface area contributed by atoms with E-state index in [1.165, 1.54) is 12.4 Å². The highest BCUT2D eigenvalue weighted by Gasteiger charge is 2.50. The number of nitrogens with zero attached hydrogens (tertiary/aromatic N) is 6. The van der Waals surface area contributed by atoms with Crippen LogP contribution in [0.4, 0.5) is 11.6 Å². The summed E-state index contributed by atoms with van der Waals surface area (Å²) < 4.78 is 11.5. The van der Waals surface area contributed by atoms with Gasteiger partial charge in [-0.2, -0.15) is 5.26 Å². The van der Waals surface area contributed by atoms with Crippen molar-refractivity contribution >= 4 is 39.9 Å². The summed E-state index contributed by atoms with van der Waals surface area (Å²) in [6.07, 6.45) is 3.64. The lowest BCUT2D eigenvalue weighted by atomic mass is 9.87. The molecule has 0 aliphatic carbocycles. The van der Waals surface area contributed by atoms with Crippen molar-refractivity contribution in [3.63, 3.8) is 0 Å². The molecule has 2 fully saturated rings. The van der Waals surface area contributed by atoms with Crippen LogP contribution in [0.25, 0.3) is 0 Å². The van der Waals surface area contributed by atoms with Crippen molar-refractivity contribution in [1.82, 2.24) is 14.9 Å². The molecule has 3 aliphatic rings. The second kappa shape index (κ2) is 8.99. The Labute approximate surface area is 213 Å². The quantitative estimate of drug-likeness (QED) is 0.444. The van der Waals surface area contributed by atoms with Gasteiger partial charge < -0.3 is 26.2 Å². The number of anilines is 2. The summed E-state index contributed by atoms with van der Waals surface area (Å²) in [5.74, 6) is 2.39.